The van der Waals surface area contributed by atoms with E-state index in [0.29, 0.717) is 18.3 Å². The van der Waals surface area contributed by atoms with Crippen molar-refractivity contribution in [1.82, 2.24) is 4.98 Å². The number of nitrogens with zero attached hydrogens (tertiary/aromatic N) is 2. The number of hydrogen-bond donors (Lipinski definition) is 0. The molecule has 7 heteroatoms. The van der Waals surface area contributed by atoms with Crippen LogP contribution in [0.4, 0.5) is 14.5 Å². The molecule has 23 heavy (non-hydrogen) atoms. The highest BCUT2D eigenvalue weighted by atomic mass is 31.0. The Morgan fingerprint density at radius 1 is 1.30 bits per heavy atom. The standard InChI is InChI=1S/C16H15F2N2O2P/c1-3-20-10(2)21-15-14(20)8-12(9-19-15)11-4-6-13(7-5-11)22-16(17,18)23/h4-9H,2-3,23H2,1H3. The van der Waals surface area contributed by atoms with Crippen LogP contribution >= 0.6 is 9.24 Å². The summed E-state index contributed by atoms with van der Waals surface area (Å²) >= 11 is 0. The van der Waals surface area contributed by atoms with Gasteiger partial charge in [0.25, 0.3) is 0 Å². The van der Waals surface area contributed by atoms with Crippen LogP contribution in [-0.2, 0) is 0 Å². The molecule has 0 saturated carbocycles. The molecule has 0 N–H and O–H groups in total. The van der Waals surface area contributed by atoms with E-state index in [1.54, 1.807) is 18.3 Å². The van der Waals surface area contributed by atoms with Gasteiger partial charge in [-0.3, -0.25) is 0 Å². The van der Waals surface area contributed by atoms with E-state index in [-0.39, 0.29) is 5.75 Å². The van der Waals surface area contributed by atoms with E-state index >= 15 is 0 Å². The lowest BCUT2D eigenvalue weighted by Crippen LogP contribution is -2.18. The van der Waals surface area contributed by atoms with Gasteiger partial charge in [-0.2, -0.15) is 8.78 Å². The molecule has 0 radical (unpaired) electrons. The normalized spacial score (nSPS) is 13.7. The van der Waals surface area contributed by atoms with Crippen LogP contribution in [0.25, 0.3) is 11.1 Å². The molecule has 1 aliphatic rings. The van der Waals surface area contributed by atoms with Gasteiger partial charge in [0.15, 0.2) is 5.88 Å². The molecular formula is C16H15F2N2O2P. The van der Waals surface area contributed by atoms with Crippen LogP contribution < -0.4 is 14.4 Å². The Bertz CT molecular complexity index is 745. The van der Waals surface area contributed by atoms with Gasteiger partial charge in [0.05, 0.1) is 0 Å². The van der Waals surface area contributed by atoms with E-state index in [9.17, 15) is 8.78 Å². The van der Waals surface area contributed by atoms with Gasteiger partial charge >= 0.3 is 5.85 Å². The zero-order valence-corrected chi connectivity index (χ0v) is 13.6. The minimum absolute atomic E-state index is 0.0924. The largest absolute Gasteiger partial charge is 0.430 e. The minimum Gasteiger partial charge on any atom is -0.430 e. The number of aromatic nitrogens is 1. The second-order valence-electron chi connectivity index (χ2n) is 4.98. The van der Waals surface area contributed by atoms with E-state index in [4.69, 9.17) is 4.74 Å². The van der Waals surface area contributed by atoms with Gasteiger partial charge in [-0.25, -0.2) is 4.98 Å². The van der Waals surface area contributed by atoms with Crippen LogP contribution in [0.2, 0.25) is 0 Å². The van der Waals surface area contributed by atoms with Gasteiger partial charge in [0.2, 0.25) is 5.88 Å². The highest BCUT2D eigenvalue weighted by molar-refractivity contribution is 7.17. The van der Waals surface area contributed by atoms with Crippen LogP contribution in [0.5, 0.6) is 11.6 Å². The molecule has 2 aromatic rings. The molecule has 1 aliphatic heterocycles. The minimum atomic E-state index is -3.28. The smallest absolute Gasteiger partial charge is 0.408 e. The lowest BCUT2D eigenvalue weighted by Gasteiger charge is -2.15. The van der Waals surface area contributed by atoms with Crippen LogP contribution in [0.1, 0.15) is 6.92 Å². The van der Waals surface area contributed by atoms with E-state index in [1.165, 1.54) is 21.4 Å². The van der Waals surface area contributed by atoms with Crippen molar-refractivity contribution in [3.05, 3.63) is 49.0 Å². The van der Waals surface area contributed by atoms with Crippen molar-refractivity contribution in [3.8, 4) is 22.8 Å². The number of halogens is 2. The number of pyridine rings is 1. The fourth-order valence-corrected chi connectivity index (χ4v) is 2.53. The Hall–Kier alpha value is -2.20. The van der Waals surface area contributed by atoms with Gasteiger partial charge in [-0.1, -0.05) is 12.1 Å². The molecule has 0 aliphatic carbocycles. The highest BCUT2D eigenvalue weighted by Crippen LogP contribution is 2.39. The van der Waals surface area contributed by atoms with E-state index < -0.39 is 5.85 Å². The summed E-state index contributed by atoms with van der Waals surface area (Å²) in [6.45, 7) is 6.55. The lowest BCUT2D eigenvalue weighted by atomic mass is 10.1. The van der Waals surface area contributed by atoms with Gasteiger partial charge in [-0.15, -0.1) is 0 Å². The molecule has 1 aromatic carbocycles. The number of ether oxygens (including phenoxy) is 2. The molecule has 2 heterocycles. The molecule has 0 saturated heterocycles. The number of anilines is 1. The molecule has 1 atom stereocenters. The SMILES string of the molecule is C=C1Oc2ncc(-c3ccc(OC(F)(F)P)cc3)cc2N1CC. The van der Waals surface area contributed by atoms with Crippen molar-refractivity contribution in [2.45, 2.75) is 12.8 Å². The van der Waals surface area contributed by atoms with Crippen molar-refractivity contribution in [2.24, 2.45) is 0 Å². The Labute approximate surface area is 134 Å². The summed E-state index contributed by atoms with van der Waals surface area (Å²) in [6, 6.07) is 8.33. The van der Waals surface area contributed by atoms with E-state index in [1.807, 2.05) is 17.9 Å². The van der Waals surface area contributed by atoms with Gasteiger partial charge in [-0.05, 0) is 46.5 Å². The van der Waals surface area contributed by atoms with Crippen molar-refractivity contribution >= 4 is 14.9 Å². The predicted molar refractivity (Wildman–Crippen MR) is 87.7 cm³/mol. The summed E-state index contributed by atoms with van der Waals surface area (Å²) in [6.07, 6.45) is 1.67. The number of fused-ring (bicyclic) bond motifs is 1. The lowest BCUT2D eigenvalue weighted by molar-refractivity contribution is -0.0892. The molecule has 120 valence electrons. The second kappa shape index (κ2) is 5.78. The van der Waals surface area contributed by atoms with Gasteiger partial charge in [0, 0.05) is 18.3 Å². The molecule has 0 amide bonds. The maximum absolute atomic E-state index is 12.8. The zero-order valence-electron chi connectivity index (χ0n) is 12.4. The first-order chi connectivity index (χ1) is 10.9. The van der Waals surface area contributed by atoms with Gasteiger partial charge in [0.1, 0.15) is 11.4 Å². The van der Waals surface area contributed by atoms with Crippen LogP contribution in [0, 0.1) is 0 Å². The van der Waals surface area contributed by atoms with Crippen LogP contribution in [-0.4, -0.2) is 17.4 Å². The number of benzene rings is 1. The van der Waals surface area contributed by atoms with Crippen molar-refractivity contribution < 1.29 is 18.3 Å². The molecule has 3 rings (SSSR count). The second-order valence-corrected chi connectivity index (χ2v) is 5.65. The summed E-state index contributed by atoms with van der Waals surface area (Å²) in [4.78, 5) is 6.20. The first kappa shape index (κ1) is 15.7. The topological polar surface area (TPSA) is 34.6 Å². The van der Waals surface area contributed by atoms with Crippen molar-refractivity contribution in [3.63, 3.8) is 0 Å². The summed E-state index contributed by atoms with van der Waals surface area (Å²) in [5, 5.41) is 0. The molecule has 1 aromatic heterocycles. The fourth-order valence-electron chi connectivity index (χ4n) is 2.39. The van der Waals surface area contributed by atoms with Gasteiger partial charge < -0.3 is 14.4 Å². The average molecular weight is 336 g/mol. The molecule has 1 unspecified atom stereocenters. The predicted octanol–water partition coefficient (Wildman–Crippen LogP) is 4.24. The fraction of sp³-hybridized carbons (Fsp3) is 0.188. The number of rotatable bonds is 4. The molecule has 0 fully saturated rings. The third-order valence-corrected chi connectivity index (χ3v) is 3.51. The van der Waals surface area contributed by atoms with E-state index in [0.717, 1.165) is 16.8 Å². The number of hydrogen-bond acceptors (Lipinski definition) is 4. The maximum Gasteiger partial charge on any atom is 0.408 e. The molecular weight excluding hydrogens is 321 g/mol. The summed E-state index contributed by atoms with van der Waals surface area (Å²) in [7, 11) is 1.34. The Kier molecular flexibility index (Phi) is 3.94. The summed E-state index contributed by atoms with van der Waals surface area (Å²) < 4.78 is 35.6. The van der Waals surface area contributed by atoms with Crippen LogP contribution in [0.15, 0.2) is 49.0 Å². The maximum atomic E-state index is 12.8. The Morgan fingerprint density at radius 2 is 2.00 bits per heavy atom. The first-order valence-corrected chi connectivity index (χ1v) is 7.55. The molecule has 4 nitrogen and oxygen atoms in total. The Morgan fingerprint density at radius 3 is 2.61 bits per heavy atom. The average Bonchev–Trinajstić information content (AvgIpc) is 2.80. The molecule has 0 spiro atoms. The first-order valence-electron chi connectivity index (χ1n) is 6.98. The Balaban J connectivity index is 1.89. The summed E-state index contributed by atoms with van der Waals surface area (Å²) in [5.74, 6) is -2.13. The quantitative estimate of drug-likeness (QED) is 0.782. The van der Waals surface area contributed by atoms with Crippen molar-refractivity contribution in [2.75, 3.05) is 11.4 Å². The van der Waals surface area contributed by atoms with E-state index in [2.05, 4.69) is 16.3 Å². The molecule has 0 bridgehead atoms. The zero-order chi connectivity index (χ0) is 16.6. The van der Waals surface area contributed by atoms with Crippen molar-refractivity contribution in [1.29, 1.82) is 0 Å². The number of alkyl halides is 2. The highest BCUT2D eigenvalue weighted by Gasteiger charge is 2.25. The monoisotopic (exact) mass is 336 g/mol. The van der Waals surface area contributed by atoms with Crippen LogP contribution in [0.3, 0.4) is 0 Å². The summed E-state index contributed by atoms with van der Waals surface area (Å²) in [5.41, 5.74) is 2.53. The third kappa shape index (κ3) is 3.27. The third-order valence-electron chi connectivity index (χ3n) is 3.40.